The van der Waals surface area contributed by atoms with E-state index in [9.17, 15) is 14.7 Å². The van der Waals surface area contributed by atoms with Crippen LogP contribution in [0.2, 0.25) is 0 Å². The van der Waals surface area contributed by atoms with E-state index >= 15 is 0 Å². The number of nitrogens with zero attached hydrogens (tertiary/aromatic N) is 1. The number of carbonyl (C=O) groups excluding carboxylic acids is 2. The van der Waals surface area contributed by atoms with Gasteiger partial charge < -0.3 is 29.4 Å². The smallest absolute Gasteiger partial charge is 0.331 e. The molecule has 1 aliphatic heterocycles. The van der Waals surface area contributed by atoms with Gasteiger partial charge in [0.25, 0.3) is 5.91 Å². The second-order valence-electron chi connectivity index (χ2n) is 9.54. The summed E-state index contributed by atoms with van der Waals surface area (Å²) in [6.45, 7) is 8.35. The molecule has 0 radical (unpaired) electrons. The fourth-order valence-corrected chi connectivity index (χ4v) is 4.07. The summed E-state index contributed by atoms with van der Waals surface area (Å²) in [4.78, 5) is 29.8. The van der Waals surface area contributed by atoms with Gasteiger partial charge in [-0.3, -0.25) is 4.79 Å². The van der Waals surface area contributed by atoms with Gasteiger partial charge in [-0.1, -0.05) is 38.0 Å². The Morgan fingerprint density at radius 2 is 1.94 bits per heavy atom. The Bertz CT molecular complexity index is 1030. The second-order valence-corrected chi connectivity index (χ2v) is 9.54. The highest BCUT2D eigenvalue weighted by atomic mass is 16.6. The van der Waals surface area contributed by atoms with Crippen molar-refractivity contribution in [1.82, 2.24) is 10.3 Å². The molecule has 0 bridgehead atoms. The number of rotatable bonds is 8. The zero-order chi connectivity index (χ0) is 26.2. The van der Waals surface area contributed by atoms with Crippen molar-refractivity contribution in [3.05, 3.63) is 47.8 Å². The van der Waals surface area contributed by atoms with E-state index < -0.39 is 35.9 Å². The van der Waals surface area contributed by atoms with Crippen LogP contribution < -0.4 is 14.8 Å². The molecule has 1 fully saturated rings. The number of methoxy groups -OCH3 is 1. The molecule has 3 rings (SSSR count). The first-order valence-corrected chi connectivity index (χ1v) is 12.2. The van der Waals surface area contributed by atoms with E-state index in [1.54, 1.807) is 6.92 Å². The predicted octanol–water partition coefficient (Wildman–Crippen LogP) is 3.66. The van der Waals surface area contributed by atoms with E-state index in [-0.39, 0.29) is 24.0 Å². The number of aryl methyl sites for hydroxylation is 1. The Morgan fingerprint density at radius 1 is 1.22 bits per heavy atom. The third kappa shape index (κ3) is 7.10. The van der Waals surface area contributed by atoms with Gasteiger partial charge in [0, 0.05) is 18.2 Å². The summed E-state index contributed by atoms with van der Waals surface area (Å²) >= 11 is 0. The Kier molecular flexibility index (Phi) is 9.52. The molecular weight excluding hydrogens is 464 g/mol. The van der Waals surface area contributed by atoms with Gasteiger partial charge in [0.15, 0.2) is 23.2 Å². The van der Waals surface area contributed by atoms with Crippen molar-refractivity contribution < 1.29 is 33.6 Å². The third-order valence-electron chi connectivity index (χ3n) is 6.17. The van der Waals surface area contributed by atoms with Crippen LogP contribution in [0.4, 0.5) is 0 Å². The standard InChI is InChI=1S/C27H36N2O7/c1-16(2)6-9-19-14-34-15-21(29-26(31)23-24(30)22(33-5)12-13-28-23)27(32)35-18(4)25(19)36-20-10-7-17(3)8-11-20/h7-8,10-13,16,18-19,21,25,30H,6,9,14-15H2,1-5H3,(H,29,31). The molecule has 0 saturated carbocycles. The molecule has 0 spiro atoms. The molecule has 1 amide bonds. The predicted molar refractivity (Wildman–Crippen MR) is 133 cm³/mol. The van der Waals surface area contributed by atoms with Crippen LogP contribution in [0.3, 0.4) is 0 Å². The Labute approximate surface area is 212 Å². The average Bonchev–Trinajstić information content (AvgIpc) is 2.89. The van der Waals surface area contributed by atoms with E-state index in [1.165, 1.54) is 19.4 Å². The fourth-order valence-electron chi connectivity index (χ4n) is 4.07. The highest BCUT2D eigenvalue weighted by Gasteiger charge is 2.36. The highest BCUT2D eigenvalue weighted by Crippen LogP contribution is 2.28. The third-order valence-corrected chi connectivity index (χ3v) is 6.17. The van der Waals surface area contributed by atoms with Crippen molar-refractivity contribution in [2.24, 2.45) is 11.8 Å². The molecule has 2 heterocycles. The number of nitrogens with one attached hydrogen (secondary N) is 1. The van der Waals surface area contributed by atoms with Gasteiger partial charge in [-0.15, -0.1) is 0 Å². The lowest BCUT2D eigenvalue weighted by Gasteiger charge is -2.31. The van der Waals surface area contributed by atoms with Crippen molar-refractivity contribution in [3.8, 4) is 17.2 Å². The van der Waals surface area contributed by atoms with E-state index in [1.807, 2.05) is 31.2 Å². The van der Waals surface area contributed by atoms with Gasteiger partial charge in [-0.25, -0.2) is 9.78 Å². The summed E-state index contributed by atoms with van der Waals surface area (Å²) in [6.07, 6.45) is 2.09. The van der Waals surface area contributed by atoms with Crippen LogP contribution in [0.25, 0.3) is 0 Å². The summed E-state index contributed by atoms with van der Waals surface area (Å²) in [5.41, 5.74) is 0.858. The molecular formula is C27H36N2O7. The maximum Gasteiger partial charge on any atom is 0.331 e. The van der Waals surface area contributed by atoms with E-state index in [2.05, 4.69) is 24.1 Å². The number of ether oxygens (including phenoxy) is 4. The molecule has 196 valence electrons. The van der Waals surface area contributed by atoms with Crippen LogP contribution in [-0.2, 0) is 14.3 Å². The van der Waals surface area contributed by atoms with Crippen molar-refractivity contribution in [2.75, 3.05) is 20.3 Å². The second kappa shape index (κ2) is 12.6. The van der Waals surface area contributed by atoms with Crippen molar-refractivity contribution in [2.45, 2.75) is 58.8 Å². The average molecular weight is 501 g/mol. The van der Waals surface area contributed by atoms with Crippen molar-refractivity contribution >= 4 is 11.9 Å². The van der Waals surface area contributed by atoms with Gasteiger partial charge in [-0.2, -0.15) is 0 Å². The Hall–Kier alpha value is -3.33. The zero-order valence-electron chi connectivity index (χ0n) is 21.5. The minimum atomic E-state index is -1.09. The SMILES string of the molecule is COc1ccnc(C(=O)NC2COCC(CCC(C)C)C(Oc3ccc(C)cc3)C(C)OC2=O)c1O. The van der Waals surface area contributed by atoms with E-state index in [0.717, 1.165) is 18.4 Å². The van der Waals surface area contributed by atoms with Crippen LogP contribution in [0.1, 0.15) is 49.7 Å². The monoisotopic (exact) mass is 500 g/mol. The van der Waals surface area contributed by atoms with Crippen LogP contribution in [0.5, 0.6) is 17.2 Å². The lowest BCUT2D eigenvalue weighted by molar-refractivity contribution is -0.156. The fraction of sp³-hybridized carbons (Fsp3) is 0.519. The van der Waals surface area contributed by atoms with Crippen LogP contribution in [-0.4, -0.2) is 60.5 Å². The van der Waals surface area contributed by atoms with Gasteiger partial charge >= 0.3 is 5.97 Å². The van der Waals surface area contributed by atoms with Crippen LogP contribution in [0, 0.1) is 18.8 Å². The van der Waals surface area contributed by atoms with Gasteiger partial charge in [-0.05, 0) is 38.3 Å². The molecule has 9 heteroatoms. The summed E-state index contributed by atoms with van der Waals surface area (Å²) in [5, 5.41) is 12.8. The number of hydrogen-bond donors (Lipinski definition) is 2. The molecule has 1 saturated heterocycles. The lowest BCUT2D eigenvalue weighted by Crippen LogP contribution is -2.47. The molecule has 4 unspecified atom stereocenters. The number of esters is 1. The zero-order valence-corrected chi connectivity index (χ0v) is 21.5. The number of benzene rings is 1. The number of aromatic nitrogens is 1. The number of carbonyl (C=O) groups is 2. The van der Waals surface area contributed by atoms with E-state index in [4.69, 9.17) is 18.9 Å². The van der Waals surface area contributed by atoms with Crippen LogP contribution >= 0.6 is 0 Å². The largest absolute Gasteiger partial charge is 0.503 e. The quantitative estimate of drug-likeness (QED) is 0.528. The number of cyclic esters (lactones) is 1. The number of amides is 1. The van der Waals surface area contributed by atoms with E-state index in [0.29, 0.717) is 18.3 Å². The number of hydrogen-bond acceptors (Lipinski definition) is 8. The molecule has 2 N–H and O–H groups in total. The van der Waals surface area contributed by atoms with Crippen molar-refractivity contribution in [3.63, 3.8) is 0 Å². The minimum Gasteiger partial charge on any atom is -0.503 e. The van der Waals surface area contributed by atoms with Gasteiger partial charge in [0.05, 0.1) is 20.3 Å². The molecule has 36 heavy (non-hydrogen) atoms. The first-order valence-electron chi connectivity index (χ1n) is 12.2. The normalized spacial score (nSPS) is 22.7. The number of aromatic hydroxyl groups is 1. The molecule has 2 aromatic rings. The van der Waals surface area contributed by atoms with Crippen LogP contribution in [0.15, 0.2) is 36.5 Å². The first kappa shape index (κ1) is 27.3. The first-order chi connectivity index (χ1) is 17.2. The highest BCUT2D eigenvalue weighted by molar-refractivity contribution is 5.98. The molecule has 1 aromatic heterocycles. The topological polar surface area (TPSA) is 116 Å². The van der Waals surface area contributed by atoms with Crippen molar-refractivity contribution in [1.29, 1.82) is 0 Å². The molecule has 9 nitrogen and oxygen atoms in total. The number of pyridine rings is 1. The summed E-state index contributed by atoms with van der Waals surface area (Å²) in [7, 11) is 1.37. The Balaban J connectivity index is 1.79. The minimum absolute atomic E-state index is 0.0324. The Morgan fingerprint density at radius 3 is 2.61 bits per heavy atom. The summed E-state index contributed by atoms with van der Waals surface area (Å²) < 4.78 is 23.1. The molecule has 4 atom stereocenters. The lowest BCUT2D eigenvalue weighted by atomic mass is 9.91. The summed E-state index contributed by atoms with van der Waals surface area (Å²) in [6, 6.07) is 8.07. The molecule has 1 aromatic carbocycles. The van der Waals surface area contributed by atoms with Gasteiger partial charge in [0.1, 0.15) is 18.0 Å². The maximum atomic E-state index is 13.0. The summed E-state index contributed by atoms with van der Waals surface area (Å²) in [5.74, 6) is -0.565. The van der Waals surface area contributed by atoms with Gasteiger partial charge in [0.2, 0.25) is 0 Å². The molecule has 1 aliphatic rings. The maximum absolute atomic E-state index is 13.0. The molecule has 0 aliphatic carbocycles.